The van der Waals surface area contributed by atoms with Gasteiger partial charge in [0.2, 0.25) is 0 Å². The third kappa shape index (κ3) is 3.80. The van der Waals surface area contributed by atoms with Crippen molar-refractivity contribution in [1.82, 2.24) is 9.80 Å². The Bertz CT molecular complexity index is 720. The highest BCUT2D eigenvalue weighted by atomic mass is 35.5. The molecule has 24 heavy (non-hydrogen) atoms. The molecule has 1 fully saturated rings. The molecule has 0 saturated carbocycles. The van der Waals surface area contributed by atoms with E-state index in [0.29, 0.717) is 37.5 Å². The van der Waals surface area contributed by atoms with Crippen molar-refractivity contribution < 1.29 is 14.0 Å². The second-order valence-electron chi connectivity index (χ2n) is 5.50. The van der Waals surface area contributed by atoms with Gasteiger partial charge in [0, 0.05) is 31.1 Å². The molecule has 1 aliphatic heterocycles. The van der Waals surface area contributed by atoms with Crippen LogP contribution >= 0.6 is 23.7 Å². The first-order valence-electron chi connectivity index (χ1n) is 7.51. The zero-order valence-electron chi connectivity index (χ0n) is 13.4. The first-order valence-corrected chi connectivity index (χ1v) is 8.32. The predicted molar refractivity (Wildman–Crippen MR) is 94.7 cm³/mol. The lowest BCUT2D eigenvalue weighted by Crippen LogP contribution is -2.50. The molecule has 0 unspecified atom stereocenters. The maximum atomic E-state index is 12.4. The van der Waals surface area contributed by atoms with Gasteiger partial charge >= 0.3 is 0 Å². The Morgan fingerprint density at radius 2 is 1.79 bits per heavy atom. The number of carbonyl (C=O) groups is 2. The van der Waals surface area contributed by atoms with E-state index < -0.39 is 0 Å². The van der Waals surface area contributed by atoms with Crippen molar-refractivity contribution in [2.24, 2.45) is 5.73 Å². The van der Waals surface area contributed by atoms with Crippen LogP contribution in [0.2, 0.25) is 0 Å². The summed E-state index contributed by atoms with van der Waals surface area (Å²) in [5, 5.41) is 0. The second kappa shape index (κ2) is 7.83. The van der Waals surface area contributed by atoms with Gasteiger partial charge in [-0.05, 0) is 25.1 Å². The van der Waals surface area contributed by atoms with Gasteiger partial charge in [-0.1, -0.05) is 0 Å². The maximum absolute atomic E-state index is 12.4. The Balaban J connectivity index is 0.00000208. The number of hydrogen-bond donors (Lipinski definition) is 1. The third-order valence-corrected chi connectivity index (χ3v) is 4.90. The summed E-state index contributed by atoms with van der Waals surface area (Å²) in [4.78, 5) is 30.2. The van der Waals surface area contributed by atoms with Crippen LogP contribution in [0, 0.1) is 6.92 Å². The highest BCUT2D eigenvalue weighted by Gasteiger charge is 2.26. The molecule has 2 aromatic heterocycles. The van der Waals surface area contributed by atoms with Crippen LogP contribution in [-0.2, 0) is 6.54 Å². The Hall–Kier alpha value is -1.83. The van der Waals surface area contributed by atoms with Crippen LogP contribution < -0.4 is 5.73 Å². The molecule has 2 amide bonds. The molecule has 0 bridgehead atoms. The average molecular weight is 370 g/mol. The van der Waals surface area contributed by atoms with Gasteiger partial charge in [0.05, 0.1) is 17.0 Å². The molecule has 0 spiro atoms. The molecule has 2 N–H and O–H groups in total. The first-order chi connectivity index (χ1) is 11.1. The summed E-state index contributed by atoms with van der Waals surface area (Å²) < 4.78 is 5.21. The van der Waals surface area contributed by atoms with Crippen LogP contribution in [0.15, 0.2) is 28.9 Å². The largest absolute Gasteiger partial charge is 0.467 e. The van der Waals surface area contributed by atoms with E-state index in [9.17, 15) is 9.59 Å². The molecular formula is C16H20ClN3O3S. The van der Waals surface area contributed by atoms with E-state index in [1.54, 1.807) is 15.9 Å². The fourth-order valence-corrected chi connectivity index (χ4v) is 3.44. The summed E-state index contributed by atoms with van der Waals surface area (Å²) in [6.45, 7) is 4.40. The Kier molecular flexibility index (Phi) is 6.04. The summed E-state index contributed by atoms with van der Waals surface area (Å²) in [7, 11) is 0. The van der Waals surface area contributed by atoms with E-state index in [1.807, 2.05) is 19.1 Å². The number of hydrogen-bond acceptors (Lipinski definition) is 5. The third-order valence-electron chi connectivity index (χ3n) is 3.91. The van der Waals surface area contributed by atoms with E-state index >= 15 is 0 Å². The minimum atomic E-state index is -0.0764. The highest BCUT2D eigenvalue weighted by molar-refractivity contribution is 7.13. The van der Waals surface area contributed by atoms with Crippen molar-refractivity contribution in [3.8, 4) is 0 Å². The minimum absolute atomic E-state index is 0. The zero-order valence-corrected chi connectivity index (χ0v) is 15.0. The van der Waals surface area contributed by atoms with Gasteiger partial charge in [-0.15, -0.1) is 23.7 Å². The molecule has 1 aliphatic rings. The van der Waals surface area contributed by atoms with Crippen molar-refractivity contribution in [2.45, 2.75) is 13.5 Å². The summed E-state index contributed by atoms with van der Waals surface area (Å²) >= 11 is 1.50. The van der Waals surface area contributed by atoms with Gasteiger partial charge in [0.1, 0.15) is 12.0 Å². The lowest BCUT2D eigenvalue weighted by Gasteiger charge is -2.34. The number of aryl methyl sites for hydroxylation is 1. The number of nitrogens with two attached hydrogens (primary N) is 1. The molecule has 8 heteroatoms. The summed E-state index contributed by atoms with van der Waals surface area (Å²) in [6.07, 6.45) is 1.44. The van der Waals surface area contributed by atoms with Gasteiger partial charge in [0.25, 0.3) is 11.8 Å². The number of amides is 2. The molecule has 130 valence electrons. The van der Waals surface area contributed by atoms with Crippen molar-refractivity contribution in [3.63, 3.8) is 0 Å². The number of nitrogens with zero attached hydrogens (tertiary/aromatic N) is 2. The van der Waals surface area contributed by atoms with E-state index in [0.717, 1.165) is 9.75 Å². The quantitative estimate of drug-likeness (QED) is 0.898. The smallest absolute Gasteiger partial charge is 0.264 e. The van der Waals surface area contributed by atoms with Crippen molar-refractivity contribution >= 4 is 35.6 Å². The number of carbonyl (C=O) groups excluding carboxylic acids is 2. The van der Waals surface area contributed by atoms with Crippen LogP contribution in [0.25, 0.3) is 0 Å². The molecule has 3 rings (SSSR count). The van der Waals surface area contributed by atoms with E-state index in [1.165, 1.54) is 17.6 Å². The molecule has 0 radical (unpaired) electrons. The lowest BCUT2D eigenvalue weighted by molar-refractivity contribution is 0.0537. The molecule has 0 aromatic carbocycles. The number of thiophene rings is 1. The Morgan fingerprint density at radius 1 is 1.17 bits per heavy atom. The number of furan rings is 1. The average Bonchev–Trinajstić information content (AvgIpc) is 3.22. The molecule has 0 atom stereocenters. The zero-order chi connectivity index (χ0) is 16.4. The Labute approximate surface area is 150 Å². The molecule has 2 aromatic rings. The van der Waals surface area contributed by atoms with E-state index in [2.05, 4.69) is 0 Å². The van der Waals surface area contributed by atoms with Gasteiger partial charge < -0.3 is 20.0 Å². The normalized spacial score (nSPS) is 14.4. The minimum Gasteiger partial charge on any atom is -0.467 e. The predicted octanol–water partition coefficient (Wildman–Crippen LogP) is 2.13. The topological polar surface area (TPSA) is 79.8 Å². The molecule has 1 saturated heterocycles. The maximum Gasteiger partial charge on any atom is 0.264 e. The molecule has 0 aliphatic carbocycles. The van der Waals surface area contributed by atoms with Crippen molar-refractivity contribution in [1.29, 1.82) is 0 Å². The van der Waals surface area contributed by atoms with Gasteiger partial charge in [-0.25, -0.2) is 0 Å². The summed E-state index contributed by atoms with van der Waals surface area (Å²) in [6, 6.07) is 5.49. The fraction of sp³-hybridized carbons (Fsp3) is 0.375. The molecular weight excluding hydrogens is 350 g/mol. The number of piperazine rings is 1. The fourth-order valence-electron chi connectivity index (χ4n) is 2.60. The van der Waals surface area contributed by atoms with E-state index in [4.69, 9.17) is 10.2 Å². The monoisotopic (exact) mass is 369 g/mol. The second-order valence-corrected chi connectivity index (χ2v) is 6.79. The standard InChI is InChI=1S/C16H19N3O3S.ClH/c1-11-2-3-14(23-11)16(21)19-6-4-18(5-7-19)15(20)12-8-13(9-17)22-10-12;/h2-3,8,10H,4-7,9,17H2,1H3;1H. The first kappa shape index (κ1) is 18.5. The van der Waals surface area contributed by atoms with Crippen LogP contribution in [0.5, 0.6) is 0 Å². The molecule has 6 nitrogen and oxygen atoms in total. The van der Waals surface area contributed by atoms with Crippen LogP contribution in [-0.4, -0.2) is 47.8 Å². The van der Waals surface area contributed by atoms with Gasteiger partial charge in [-0.2, -0.15) is 0 Å². The highest BCUT2D eigenvalue weighted by Crippen LogP contribution is 2.19. The van der Waals surface area contributed by atoms with Crippen molar-refractivity contribution in [2.75, 3.05) is 26.2 Å². The van der Waals surface area contributed by atoms with Crippen LogP contribution in [0.4, 0.5) is 0 Å². The van der Waals surface area contributed by atoms with E-state index in [-0.39, 0.29) is 30.8 Å². The van der Waals surface area contributed by atoms with Gasteiger partial charge in [0.15, 0.2) is 0 Å². The number of halogens is 1. The summed E-state index contributed by atoms with van der Waals surface area (Å²) in [5.74, 6) is 0.562. The van der Waals surface area contributed by atoms with Crippen LogP contribution in [0.1, 0.15) is 30.7 Å². The van der Waals surface area contributed by atoms with Gasteiger partial charge in [-0.3, -0.25) is 9.59 Å². The van der Waals surface area contributed by atoms with Crippen LogP contribution in [0.3, 0.4) is 0 Å². The van der Waals surface area contributed by atoms with Crippen molar-refractivity contribution in [3.05, 3.63) is 45.5 Å². The molecule has 3 heterocycles. The Morgan fingerprint density at radius 3 is 2.29 bits per heavy atom. The number of rotatable bonds is 3. The SMILES string of the molecule is Cc1ccc(C(=O)N2CCN(C(=O)c3coc(CN)c3)CC2)s1.Cl. The summed E-state index contributed by atoms with van der Waals surface area (Å²) in [5.41, 5.74) is 6.00. The lowest BCUT2D eigenvalue weighted by atomic mass is 10.2.